The Morgan fingerprint density at radius 3 is 2.00 bits per heavy atom. The van der Waals surface area contributed by atoms with Gasteiger partial charge in [0.15, 0.2) is 5.78 Å². The summed E-state index contributed by atoms with van der Waals surface area (Å²) in [4.78, 5) is 64.4. The molecular weight excluding hydrogens is 474 g/mol. The number of non-ortho nitro benzene ring substituents is 1. The highest BCUT2D eigenvalue weighted by molar-refractivity contribution is 6.30. The van der Waals surface area contributed by atoms with E-state index in [2.05, 4.69) is 0 Å². The van der Waals surface area contributed by atoms with Crippen LogP contribution in [-0.2, 0) is 9.59 Å². The summed E-state index contributed by atoms with van der Waals surface area (Å²) in [5.74, 6) is -3.58. The maximum absolute atomic E-state index is 13.7. The average Bonchev–Trinajstić information content (AvgIpc) is 3.54. The molecule has 3 aliphatic rings. The Morgan fingerprint density at radius 1 is 0.971 bits per heavy atom. The molecule has 0 unspecified atom stereocenters. The highest BCUT2D eigenvalue weighted by Crippen LogP contribution is 2.53. The molecule has 2 aliphatic carbocycles. The summed E-state index contributed by atoms with van der Waals surface area (Å²) in [6.07, 6.45) is 4.59. The molecule has 2 aromatic carbocycles. The smallest absolute Gasteiger partial charge is 0.273 e. The second-order valence-electron chi connectivity index (χ2n) is 8.99. The fourth-order valence-electron chi connectivity index (χ4n) is 5.36. The van der Waals surface area contributed by atoms with Crippen LogP contribution >= 0.6 is 11.6 Å². The van der Waals surface area contributed by atoms with Crippen molar-refractivity contribution in [1.82, 2.24) is 10.0 Å². The molecule has 3 amide bonds. The Balaban J connectivity index is 1.54. The van der Waals surface area contributed by atoms with Gasteiger partial charge in [0.25, 0.3) is 23.4 Å². The first-order chi connectivity index (χ1) is 16.7. The molecular formula is C25H20ClN3O6. The van der Waals surface area contributed by atoms with Gasteiger partial charge in [-0.25, -0.2) is 5.01 Å². The lowest BCUT2D eigenvalue weighted by atomic mass is 9.85. The van der Waals surface area contributed by atoms with E-state index in [1.54, 1.807) is 0 Å². The molecule has 1 heterocycles. The summed E-state index contributed by atoms with van der Waals surface area (Å²) in [6.45, 7) is 1.45. The van der Waals surface area contributed by atoms with Crippen LogP contribution in [0.1, 0.15) is 34.1 Å². The van der Waals surface area contributed by atoms with Crippen molar-refractivity contribution in [3.63, 3.8) is 0 Å². The fourth-order valence-corrected chi connectivity index (χ4v) is 5.49. The highest BCUT2D eigenvalue weighted by atomic mass is 35.5. The molecule has 10 heteroatoms. The van der Waals surface area contributed by atoms with E-state index in [1.165, 1.54) is 43.3 Å². The third-order valence-electron chi connectivity index (χ3n) is 7.07. The van der Waals surface area contributed by atoms with Gasteiger partial charge in [-0.1, -0.05) is 23.8 Å². The number of carbonyl (C=O) groups excluding carboxylic acids is 4. The van der Waals surface area contributed by atoms with E-state index in [-0.39, 0.29) is 28.7 Å². The van der Waals surface area contributed by atoms with Crippen LogP contribution < -0.4 is 0 Å². The van der Waals surface area contributed by atoms with Crippen LogP contribution in [0.15, 0.2) is 60.7 Å². The number of carbonyl (C=O) groups is 4. The number of fused-ring (bicyclic) bond motifs is 5. The maximum atomic E-state index is 13.7. The van der Waals surface area contributed by atoms with Crippen LogP contribution in [0.3, 0.4) is 0 Å². The molecule has 1 saturated heterocycles. The van der Waals surface area contributed by atoms with Crippen molar-refractivity contribution in [3.8, 4) is 0 Å². The van der Waals surface area contributed by atoms with Gasteiger partial charge in [-0.15, -0.1) is 0 Å². The number of allylic oxidation sites excluding steroid dienone is 2. The number of benzene rings is 2. The van der Waals surface area contributed by atoms with Crippen molar-refractivity contribution in [2.24, 2.45) is 23.7 Å². The lowest BCUT2D eigenvalue weighted by molar-refractivity contribution is -0.384. The van der Waals surface area contributed by atoms with Crippen molar-refractivity contribution < 1.29 is 24.1 Å². The van der Waals surface area contributed by atoms with Crippen LogP contribution in [0.5, 0.6) is 0 Å². The molecule has 2 aromatic rings. The minimum absolute atomic E-state index is 0.00473. The molecule has 0 radical (unpaired) electrons. The average molecular weight is 494 g/mol. The first kappa shape index (κ1) is 22.9. The highest BCUT2D eigenvalue weighted by Gasteiger charge is 2.61. The predicted octanol–water partition coefficient (Wildman–Crippen LogP) is 3.68. The number of hydrazine groups is 1. The Kier molecular flexibility index (Phi) is 5.52. The number of ketones is 1. The molecule has 2 bridgehead atoms. The quantitative estimate of drug-likeness (QED) is 0.199. The lowest BCUT2D eigenvalue weighted by Gasteiger charge is -2.35. The van der Waals surface area contributed by atoms with Gasteiger partial charge in [-0.3, -0.25) is 29.3 Å². The Bertz CT molecular complexity index is 1260. The Labute approximate surface area is 205 Å². The van der Waals surface area contributed by atoms with Crippen LogP contribution in [-0.4, -0.2) is 44.5 Å². The van der Waals surface area contributed by atoms with E-state index in [4.69, 9.17) is 11.6 Å². The zero-order valence-electron chi connectivity index (χ0n) is 18.5. The zero-order valence-corrected chi connectivity index (χ0v) is 19.3. The van der Waals surface area contributed by atoms with Crippen LogP contribution in [0.25, 0.3) is 0 Å². The van der Waals surface area contributed by atoms with E-state index in [0.29, 0.717) is 5.02 Å². The molecule has 5 rings (SSSR count). The number of hydrogen-bond donors (Lipinski definition) is 0. The minimum Gasteiger partial charge on any atom is -0.292 e. The SMILES string of the molecule is C[C@H](C(=O)c1ccc(Cl)cc1)N(C(=O)c1ccc([N+](=O)[O-])cc1)N1C(=O)[C@@H]2[C@H](C1=O)[C@H]1C=C[C@H]2C1. The number of Topliss-reactive ketones (excluding diaryl/α,β-unsaturated/α-hetero) is 1. The number of hydrogen-bond acceptors (Lipinski definition) is 6. The summed E-state index contributed by atoms with van der Waals surface area (Å²) in [5.41, 5.74) is 0.0402. The van der Waals surface area contributed by atoms with Crippen molar-refractivity contribution in [2.45, 2.75) is 19.4 Å². The van der Waals surface area contributed by atoms with E-state index in [9.17, 15) is 29.3 Å². The molecule has 0 N–H and O–H groups in total. The predicted molar refractivity (Wildman–Crippen MR) is 124 cm³/mol. The summed E-state index contributed by atoms with van der Waals surface area (Å²) in [6, 6.07) is 9.65. The van der Waals surface area contributed by atoms with Gasteiger partial charge in [0.1, 0.15) is 6.04 Å². The third-order valence-corrected chi connectivity index (χ3v) is 7.32. The molecule has 9 nitrogen and oxygen atoms in total. The van der Waals surface area contributed by atoms with Crippen molar-refractivity contribution in [1.29, 1.82) is 0 Å². The van der Waals surface area contributed by atoms with E-state index in [0.717, 1.165) is 28.6 Å². The third kappa shape index (κ3) is 3.63. The van der Waals surface area contributed by atoms with Crippen molar-refractivity contribution >= 4 is 40.8 Å². The van der Waals surface area contributed by atoms with Gasteiger partial charge < -0.3 is 0 Å². The number of nitrogens with zero attached hydrogens (tertiary/aromatic N) is 3. The maximum Gasteiger partial charge on any atom is 0.273 e. The van der Waals surface area contributed by atoms with Gasteiger partial charge in [0.2, 0.25) is 0 Å². The molecule has 2 fully saturated rings. The number of rotatable bonds is 6. The van der Waals surface area contributed by atoms with Crippen LogP contribution in [0.4, 0.5) is 5.69 Å². The second-order valence-corrected chi connectivity index (χ2v) is 9.43. The van der Waals surface area contributed by atoms with Gasteiger partial charge in [-0.05, 0) is 61.6 Å². The minimum atomic E-state index is -1.21. The Hall–Kier alpha value is -3.85. The second kappa shape index (κ2) is 8.42. The fraction of sp³-hybridized carbons (Fsp3) is 0.280. The summed E-state index contributed by atoms with van der Waals surface area (Å²) < 4.78 is 0. The lowest BCUT2D eigenvalue weighted by Crippen LogP contribution is -2.56. The molecule has 0 spiro atoms. The van der Waals surface area contributed by atoms with Gasteiger partial charge in [-0.2, -0.15) is 5.01 Å². The molecule has 1 aliphatic heterocycles. The number of nitro groups is 1. The molecule has 5 atom stereocenters. The number of nitro benzene ring substituents is 1. The molecule has 178 valence electrons. The standard InChI is InChI=1S/C25H20ClN3O6/c1-13(22(30)14-4-8-18(26)9-5-14)27(23(31)15-6-10-19(11-7-15)29(34)35)28-24(32)20-16-2-3-17(12-16)21(20)25(28)33/h2-11,13,16-17,20-21H,12H2,1H3/t13-,16+,17+,20-,21+/m1/s1. The summed E-state index contributed by atoms with van der Waals surface area (Å²) >= 11 is 5.93. The first-order valence-electron chi connectivity index (χ1n) is 11.1. The molecule has 1 saturated carbocycles. The van der Waals surface area contributed by atoms with E-state index >= 15 is 0 Å². The summed E-state index contributed by atoms with van der Waals surface area (Å²) in [7, 11) is 0. The normalized spacial score (nSPS) is 25.0. The number of halogens is 1. The number of imide groups is 1. The van der Waals surface area contributed by atoms with Crippen molar-refractivity contribution in [3.05, 3.63) is 86.9 Å². The van der Waals surface area contributed by atoms with E-state index in [1.807, 2.05) is 12.2 Å². The molecule has 0 aromatic heterocycles. The van der Waals surface area contributed by atoms with Crippen LogP contribution in [0, 0.1) is 33.8 Å². The molecule has 35 heavy (non-hydrogen) atoms. The van der Waals surface area contributed by atoms with Gasteiger partial charge >= 0.3 is 0 Å². The topological polar surface area (TPSA) is 118 Å². The largest absolute Gasteiger partial charge is 0.292 e. The zero-order chi connectivity index (χ0) is 25.0. The van der Waals surface area contributed by atoms with Crippen LogP contribution in [0.2, 0.25) is 5.02 Å². The van der Waals surface area contributed by atoms with E-state index < -0.39 is 46.3 Å². The first-order valence-corrected chi connectivity index (χ1v) is 11.5. The monoisotopic (exact) mass is 493 g/mol. The van der Waals surface area contributed by atoms with Gasteiger partial charge in [0, 0.05) is 28.3 Å². The summed E-state index contributed by atoms with van der Waals surface area (Å²) in [5, 5.41) is 13.2. The van der Waals surface area contributed by atoms with Crippen molar-refractivity contribution in [2.75, 3.05) is 0 Å². The Morgan fingerprint density at radius 2 is 1.49 bits per heavy atom. The van der Waals surface area contributed by atoms with Gasteiger partial charge in [0.05, 0.1) is 16.8 Å². The number of amides is 3.